The number of amides is 2. The van der Waals surface area contributed by atoms with Crippen LogP contribution in [0.4, 0.5) is 5.69 Å². The highest BCUT2D eigenvalue weighted by molar-refractivity contribution is 8.01. The number of nitro groups is 1. The van der Waals surface area contributed by atoms with Crippen molar-refractivity contribution in [2.24, 2.45) is 0 Å². The van der Waals surface area contributed by atoms with E-state index in [1.54, 1.807) is 4.90 Å². The summed E-state index contributed by atoms with van der Waals surface area (Å²) in [6, 6.07) is 1.19. The standard InChI is InChI=1S/C17H17Cl2N5O4S2/c1-22-2-4-23(5-3-22)14(25)9-21-16(26)13-6-12(24(27)28)17(29-13)30-15-10(18)7-20-8-11(15)19/h6-8H,2-5,9H2,1H3,(H,21,26). The molecule has 1 fully saturated rings. The summed E-state index contributed by atoms with van der Waals surface area (Å²) in [5.74, 6) is -0.739. The van der Waals surface area contributed by atoms with Gasteiger partial charge in [0.2, 0.25) is 5.91 Å². The molecule has 30 heavy (non-hydrogen) atoms. The lowest BCUT2D eigenvalue weighted by Crippen LogP contribution is -2.50. The first kappa shape index (κ1) is 22.8. The third-order valence-electron chi connectivity index (χ3n) is 4.36. The number of likely N-dealkylation sites (N-methyl/N-ethyl adjacent to an activating group) is 1. The molecular weight excluding hydrogens is 473 g/mol. The van der Waals surface area contributed by atoms with Gasteiger partial charge >= 0.3 is 0 Å². The van der Waals surface area contributed by atoms with E-state index in [0.29, 0.717) is 18.0 Å². The van der Waals surface area contributed by atoms with Gasteiger partial charge in [0.1, 0.15) is 9.09 Å². The van der Waals surface area contributed by atoms with Crippen molar-refractivity contribution in [1.82, 2.24) is 20.1 Å². The van der Waals surface area contributed by atoms with Gasteiger partial charge in [0.05, 0.1) is 26.4 Å². The number of pyridine rings is 1. The zero-order chi connectivity index (χ0) is 21.8. The van der Waals surface area contributed by atoms with E-state index in [4.69, 9.17) is 23.2 Å². The lowest BCUT2D eigenvalue weighted by Gasteiger charge is -2.32. The third kappa shape index (κ3) is 5.41. The Kier molecular flexibility index (Phi) is 7.53. The maximum absolute atomic E-state index is 12.5. The van der Waals surface area contributed by atoms with Crippen LogP contribution in [-0.4, -0.2) is 71.3 Å². The molecule has 0 saturated carbocycles. The molecule has 1 N–H and O–H groups in total. The summed E-state index contributed by atoms with van der Waals surface area (Å²) < 4.78 is 0.255. The summed E-state index contributed by atoms with van der Waals surface area (Å²) in [5, 5.41) is 14.5. The molecule has 9 nitrogen and oxygen atoms in total. The quantitative estimate of drug-likeness (QED) is 0.490. The molecule has 0 radical (unpaired) electrons. The van der Waals surface area contributed by atoms with Crippen molar-refractivity contribution < 1.29 is 14.5 Å². The molecule has 2 aromatic rings. The second-order valence-electron chi connectivity index (χ2n) is 6.44. The fourth-order valence-electron chi connectivity index (χ4n) is 2.68. The Morgan fingerprint density at radius 2 is 1.90 bits per heavy atom. The van der Waals surface area contributed by atoms with E-state index in [-0.39, 0.29) is 37.3 Å². The van der Waals surface area contributed by atoms with Gasteiger partial charge in [-0.15, -0.1) is 11.3 Å². The van der Waals surface area contributed by atoms with Crippen LogP contribution in [0.25, 0.3) is 0 Å². The number of carbonyl (C=O) groups is 2. The van der Waals surface area contributed by atoms with Crippen LogP contribution < -0.4 is 5.32 Å². The highest BCUT2D eigenvalue weighted by Crippen LogP contribution is 2.45. The van der Waals surface area contributed by atoms with Crippen LogP contribution in [0.1, 0.15) is 9.67 Å². The predicted molar refractivity (Wildman–Crippen MR) is 116 cm³/mol. The van der Waals surface area contributed by atoms with Gasteiger partial charge in [-0.3, -0.25) is 24.7 Å². The fraction of sp³-hybridized carbons (Fsp3) is 0.353. The molecule has 2 amide bonds. The van der Waals surface area contributed by atoms with E-state index in [1.165, 1.54) is 18.5 Å². The zero-order valence-electron chi connectivity index (χ0n) is 15.8. The average Bonchev–Trinajstić information content (AvgIpc) is 3.14. The van der Waals surface area contributed by atoms with E-state index in [9.17, 15) is 19.7 Å². The first-order valence-electron chi connectivity index (χ1n) is 8.76. The summed E-state index contributed by atoms with van der Waals surface area (Å²) in [6.07, 6.45) is 2.76. The van der Waals surface area contributed by atoms with E-state index in [2.05, 4.69) is 15.2 Å². The van der Waals surface area contributed by atoms with E-state index < -0.39 is 10.8 Å². The van der Waals surface area contributed by atoms with Gasteiger partial charge in [-0.25, -0.2) is 0 Å². The van der Waals surface area contributed by atoms with Crippen LogP contribution in [0.3, 0.4) is 0 Å². The van der Waals surface area contributed by atoms with Gasteiger partial charge in [-0.05, 0) is 7.05 Å². The number of aromatic nitrogens is 1. The number of thiophene rings is 1. The Hall–Kier alpha value is -1.92. The summed E-state index contributed by atoms with van der Waals surface area (Å²) in [4.78, 5) is 43.8. The lowest BCUT2D eigenvalue weighted by molar-refractivity contribution is -0.387. The summed E-state index contributed by atoms with van der Waals surface area (Å²) in [7, 11) is 1.98. The van der Waals surface area contributed by atoms with Gasteiger partial charge in [-0.1, -0.05) is 35.0 Å². The minimum Gasteiger partial charge on any atom is -0.342 e. The third-order valence-corrected chi connectivity index (χ3v) is 7.61. The van der Waals surface area contributed by atoms with Crippen LogP contribution in [0, 0.1) is 10.1 Å². The lowest BCUT2D eigenvalue weighted by atomic mass is 10.3. The second kappa shape index (κ2) is 9.92. The van der Waals surface area contributed by atoms with Gasteiger partial charge < -0.3 is 15.1 Å². The first-order chi connectivity index (χ1) is 14.3. The molecule has 1 aliphatic heterocycles. The molecular formula is C17H17Cl2N5O4S2. The Morgan fingerprint density at radius 3 is 2.50 bits per heavy atom. The smallest absolute Gasteiger partial charge is 0.294 e. The summed E-state index contributed by atoms with van der Waals surface area (Å²) in [5.41, 5.74) is -0.232. The van der Waals surface area contributed by atoms with Crippen LogP contribution in [-0.2, 0) is 4.79 Å². The normalized spacial score (nSPS) is 14.6. The number of nitrogens with one attached hydrogen (secondary N) is 1. The molecule has 3 rings (SSSR count). The molecule has 0 unspecified atom stereocenters. The highest BCUT2D eigenvalue weighted by Gasteiger charge is 2.26. The van der Waals surface area contributed by atoms with Crippen LogP contribution in [0.2, 0.25) is 10.0 Å². The minimum atomic E-state index is -0.575. The summed E-state index contributed by atoms with van der Waals surface area (Å²) in [6.45, 7) is 2.58. The topological polar surface area (TPSA) is 109 Å². The van der Waals surface area contributed by atoms with Crippen molar-refractivity contribution in [3.8, 4) is 0 Å². The molecule has 1 aliphatic rings. The highest BCUT2D eigenvalue weighted by atomic mass is 35.5. The SMILES string of the molecule is CN1CCN(C(=O)CNC(=O)c2cc([N+](=O)[O-])c(Sc3c(Cl)cncc3Cl)s2)CC1. The van der Waals surface area contributed by atoms with Crippen LogP contribution in [0.15, 0.2) is 27.6 Å². The van der Waals surface area contributed by atoms with Crippen molar-refractivity contribution in [3.05, 3.63) is 43.5 Å². The molecule has 0 atom stereocenters. The number of carbonyl (C=O) groups excluding carboxylic acids is 2. The molecule has 0 bridgehead atoms. The van der Waals surface area contributed by atoms with Crippen molar-refractivity contribution >= 4 is 63.8 Å². The number of hydrogen-bond acceptors (Lipinski definition) is 8. The largest absolute Gasteiger partial charge is 0.342 e. The molecule has 0 aliphatic carbocycles. The maximum Gasteiger partial charge on any atom is 0.294 e. The van der Waals surface area contributed by atoms with Gasteiger partial charge in [0.25, 0.3) is 11.6 Å². The number of piperazine rings is 1. The van der Waals surface area contributed by atoms with E-state index in [1.807, 2.05) is 7.05 Å². The molecule has 3 heterocycles. The van der Waals surface area contributed by atoms with Gasteiger partial charge in [0.15, 0.2) is 0 Å². The number of hydrogen-bond donors (Lipinski definition) is 1. The van der Waals surface area contributed by atoms with E-state index in [0.717, 1.165) is 36.2 Å². The summed E-state index contributed by atoms with van der Waals surface area (Å²) >= 11 is 14.1. The van der Waals surface area contributed by atoms with Gasteiger partial charge in [-0.2, -0.15) is 0 Å². The van der Waals surface area contributed by atoms with Crippen molar-refractivity contribution in [2.45, 2.75) is 9.10 Å². The number of rotatable bonds is 6. The Bertz CT molecular complexity index is 959. The Morgan fingerprint density at radius 1 is 1.27 bits per heavy atom. The van der Waals surface area contributed by atoms with Crippen molar-refractivity contribution in [3.63, 3.8) is 0 Å². The zero-order valence-corrected chi connectivity index (χ0v) is 18.9. The minimum absolute atomic E-state index is 0.122. The molecule has 1 saturated heterocycles. The van der Waals surface area contributed by atoms with Crippen molar-refractivity contribution in [2.75, 3.05) is 39.8 Å². The van der Waals surface area contributed by atoms with Crippen LogP contribution >= 0.6 is 46.3 Å². The fourth-order valence-corrected chi connectivity index (χ4v) is 5.46. The number of halogens is 2. The average molecular weight is 490 g/mol. The molecule has 2 aromatic heterocycles. The van der Waals surface area contributed by atoms with Gasteiger partial charge in [0, 0.05) is 44.6 Å². The van der Waals surface area contributed by atoms with E-state index >= 15 is 0 Å². The number of nitrogens with zero attached hydrogens (tertiary/aromatic N) is 4. The first-order valence-corrected chi connectivity index (χ1v) is 11.1. The Balaban J connectivity index is 1.70. The Labute approximate surface area is 190 Å². The monoisotopic (exact) mass is 489 g/mol. The molecule has 13 heteroatoms. The second-order valence-corrected chi connectivity index (χ2v) is 9.59. The molecule has 0 aromatic carbocycles. The molecule has 160 valence electrons. The molecule has 0 spiro atoms. The maximum atomic E-state index is 12.5. The predicted octanol–water partition coefficient (Wildman–Crippen LogP) is 3.01. The van der Waals surface area contributed by atoms with Crippen molar-refractivity contribution in [1.29, 1.82) is 0 Å². The van der Waals surface area contributed by atoms with Crippen LogP contribution in [0.5, 0.6) is 0 Å².